The Bertz CT molecular complexity index is 1380. The van der Waals surface area contributed by atoms with Gasteiger partial charge in [0, 0.05) is 0 Å². The van der Waals surface area contributed by atoms with Crippen molar-refractivity contribution in [1.82, 2.24) is 0 Å². The van der Waals surface area contributed by atoms with Crippen molar-refractivity contribution in [3.05, 3.63) is 101 Å². The molecule has 4 aromatic rings. The van der Waals surface area contributed by atoms with Gasteiger partial charge in [-0.25, -0.2) is 0 Å². The number of hydrogen-bond acceptors (Lipinski definition) is 0. The second-order valence-electron chi connectivity index (χ2n) is 11.7. The first kappa shape index (κ1) is 28.9. The Morgan fingerprint density at radius 1 is 0.583 bits per heavy atom. The summed E-state index contributed by atoms with van der Waals surface area (Å²) in [6.45, 7) is 14.1. The normalized spacial score (nSPS) is 12.3. The van der Waals surface area contributed by atoms with E-state index in [-0.39, 0.29) is 35.6 Å². The van der Waals surface area contributed by atoms with E-state index in [1.54, 1.807) is 8.88 Å². The van der Waals surface area contributed by atoms with Gasteiger partial charge in [0.25, 0.3) is 0 Å². The Kier molecular flexibility index (Phi) is 8.51. The molecule has 1 aliphatic carbocycles. The molecule has 0 saturated heterocycles. The molecule has 36 heavy (non-hydrogen) atoms. The van der Waals surface area contributed by atoms with Gasteiger partial charge in [0.05, 0.1) is 0 Å². The van der Waals surface area contributed by atoms with E-state index < -0.39 is 0 Å². The standard InChI is InChI=1S/C33H33.2ClH.Hf/c1-32(2,3)30-20-26-24(18-28(30)22-13-9-7-10-14-22)17-25-19-29(23-15-11-8-12-16-23)31(21-27(25)26)33(4,5)6;;;/h7-16,18,20-21H,17H2,1-6H3;2*1H;/q;;;+2/p-2. The first-order valence-electron chi connectivity index (χ1n) is 12.3. The van der Waals surface area contributed by atoms with Crippen molar-refractivity contribution in [3.8, 4) is 33.4 Å². The van der Waals surface area contributed by atoms with Gasteiger partial charge in [-0.2, -0.15) is 0 Å². The summed E-state index contributed by atoms with van der Waals surface area (Å²) in [5, 5.41) is 0. The van der Waals surface area contributed by atoms with Crippen LogP contribution in [0.15, 0.2) is 78.9 Å². The fraction of sp³-hybridized carbons (Fsp3) is 0.273. The number of halogens is 2. The minimum absolute atomic E-state index is 0. The molecule has 5 rings (SSSR count). The third kappa shape index (κ3) is 5.17. The van der Waals surface area contributed by atoms with Gasteiger partial charge in [-0.1, -0.05) is 0 Å². The van der Waals surface area contributed by atoms with Crippen molar-refractivity contribution < 1.29 is 49.2 Å². The molecular formula is C33H33Cl2Hf. The van der Waals surface area contributed by atoms with Gasteiger partial charge in [-0.3, -0.25) is 0 Å². The van der Waals surface area contributed by atoms with Gasteiger partial charge in [0.15, 0.2) is 0 Å². The first-order chi connectivity index (χ1) is 16.1. The van der Waals surface area contributed by atoms with Crippen LogP contribution in [0.25, 0.3) is 33.4 Å². The number of rotatable bonds is 2. The van der Waals surface area contributed by atoms with Crippen LogP contribution in [0.3, 0.4) is 0 Å². The Morgan fingerprint density at radius 2 is 1.08 bits per heavy atom. The number of fused-ring (bicyclic) bond motifs is 3. The maximum atomic E-state index is 2.53. The summed E-state index contributed by atoms with van der Waals surface area (Å²) in [7, 11) is 0. The Balaban J connectivity index is 0.00000180. The van der Waals surface area contributed by atoms with Crippen molar-refractivity contribution in [3.63, 3.8) is 0 Å². The molecule has 0 radical (unpaired) electrons. The summed E-state index contributed by atoms with van der Waals surface area (Å²) >= 11 is 1.04. The fourth-order valence-electron chi connectivity index (χ4n) is 5.35. The maximum Gasteiger partial charge on any atom is -1.00 e. The molecular weight excluding hydrogens is 646 g/mol. The van der Waals surface area contributed by atoms with Gasteiger partial charge in [-0.05, 0) is 0 Å². The molecule has 0 saturated carbocycles. The van der Waals surface area contributed by atoms with Crippen molar-refractivity contribution >= 4 is 3.32 Å². The van der Waals surface area contributed by atoms with E-state index in [0.29, 0.717) is 0 Å². The SMILES string of the molecule is CC(C)(C)c1cc2c(cc1-c1ccccc1)Cc1c-2cc(C(C)(C)C)c(-c2ccccc2)[c]1[Hf+2].[Cl-].[Cl-]. The van der Waals surface area contributed by atoms with Gasteiger partial charge in [-0.15, -0.1) is 0 Å². The van der Waals surface area contributed by atoms with Crippen LogP contribution in [0.4, 0.5) is 0 Å². The van der Waals surface area contributed by atoms with Crippen molar-refractivity contribution in [1.29, 1.82) is 0 Å². The summed E-state index contributed by atoms with van der Waals surface area (Å²) in [6, 6.07) is 29.5. The fourth-order valence-corrected chi connectivity index (χ4v) is 7.16. The molecule has 0 aromatic heterocycles. The zero-order valence-electron chi connectivity index (χ0n) is 22.0. The summed E-state index contributed by atoms with van der Waals surface area (Å²) in [6.07, 6.45) is 1.04. The Morgan fingerprint density at radius 3 is 1.61 bits per heavy atom. The number of hydrogen-bond donors (Lipinski definition) is 0. The smallest absolute Gasteiger partial charge is 1.00 e. The minimum Gasteiger partial charge on any atom is -1.00 e. The minimum atomic E-state index is 0. The molecule has 0 nitrogen and oxygen atoms in total. The molecule has 0 spiro atoms. The molecule has 0 amide bonds. The van der Waals surface area contributed by atoms with Crippen LogP contribution < -0.4 is 28.1 Å². The predicted octanol–water partition coefficient (Wildman–Crippen LogP) is 2.37. The average Bonchev–Trinajstić information content (AvgIpc) is 3.16. The van der Waals surface area contributed by atoms with Gasteiger partial charge >= 0.3 is 221 Å². The largest absolute Gasteiger partial charge is 1.00 e. The second-order valence-corrected chi connectivity index (χ2v) is 13.5. The van der Waals surface area contributed by atoms with Crippen LogP contribution in [-0.4, -0.2) is 0 Å². The van der Waals surface area contributed by atoms with E-state index in [1.165, 1.54) is 50.1 Å². The summed E-state index contributed by atoms with van der Waals surface area (Å²) in [4.78, 5) is 0. The van der Waals surface area contributed by atoms with Crippen LogP contribution in [0, 0.1) is 0 Å². The van der Waals surface area contributed by atoms with E-state index in [0.717, 1.165) is 30.8 Å². The first-order valence-corrected chi connectivity index (χ1v) is 14.1. The van der Waals surface area contributed by atoms with E-state index in [1.807, 2.05) is 0 Å². The molecule has 0 bridgehead atoms. The molecule has 0 unspecified atom stereocenters. The van der Waals surface area contributed by atoms with E-state index >= 15 is 0 Å². The zero-order chi connectivity index (χ0) is 24.3. The number of benzene rings is 4. The van der Waals surface area contributed by atoms with Crippen LogP contribution in [0.2, 0.25) is 0 Å². The molecule has 4 aromatic carbocycles. The monoisotopic (exact) mass is 679 g/mol. The molecule has 0 aliphatic heterocycles. The Labute approximate surface area is 244 Å². The van der Waals surface area contributed by atoms with Crippen LogP contribution in [0.5, 0.6) is 0 Å². The molecule has 183 valence electrons. The average molecular weight is 679 g/mol. The van der Waals surface area contributed by atoms with Gasteiger partial charge < -0.3 is 24.8 Å². The van der Waals surface area contributed by atoms with E-state index in [2.05, 4.69) is 120 Å². The van der Waals surface area contributed by atoms with Crippen LogP contribution in [-0.2, 0) is 41.6 Å². The van der Waals surface area contributed by atoms with E-state index in [9.17, 15) is 0 Å². The van der Waals surface area contributed by atoms with Gasteiger partial charge in [0.2, 0.25) is 0 Å². The third-order valence-electron chi connectivity index (χ3n) is 7.10. The summed E-state index contributed by atoms with van der Waals surface area (Å²) < 4.78 is 1.57. The van der Waals surface area contributed by atoms with Gasteiger partial charge in [0.1, 0.15) is 0 Å². The third-order valence-corrected chi connectivity index (χ3v) is 9.08. The topological polar surface area (TPSA) is 0 Å². The molecule has 0 N–H and O–H groups in total. The Hall–Kier alpha value is -1.67. The summed E-state index contributed by atoms with van der Waals surface area (Å²) in [5.41, 5.74) is 14.5. The second kappa shape index (κ2) is 10.6. The summed E-state index contributed by atoms with van der Waals surface area (Å²) in [5.74, 6) is 0. The van der Waals surface area contributed by atoms with Crippen LogP contribution >= 0.6 is 0 Å². The molecule has 0 atom stereocenters. The van der Waals surface area contributed by atoms with Crippen molar-refractivity contribution in [2.75, 3.05) is 0 Å². The molecule has 3 heteroatoms. The van der Waals surface area contributed by atoms with E-state index in [4.69, 9.17) is 0 Å². The quantitative estimate of drug-likeness (QED) is 0.252. The molecule has 1 aliphatic rings. The zero-order valence-corrected chi connectivity index (χ0v) is 27.1. The molecule has 0 fully saturated rings. The van der Waals surface area contributed by atoms with Crippen molar-refractivity contribution in [2.24, 2.45) is 0 Å². The van der Waals surface area contributed by atoms with Crippen LogP contribution in [0.1, 0.15) is 63.8 Å². The van der Waals surface area contributed by atoms with Crippen molar-refractivity contribution in [2.45, 2.75) is 58.8 Å². The predicted molar refractivity (Wildman–Crippen MR) is 143 cm³/mol. The maximum absolute atomic E-state index is 2.53. The molecule has 0 heterocycles.